The summed E-state index contributed by atoms with van der Waals surface area (Å²) in [5.74, 6) is -0.928. The van der Waals surface area contributed by atoms with Gasteiger partial charge in [-0.1, -0.05) is 18.2 Å². The van der Waals surface area contributed by atoms with Crippen molar-refractivity contribution >= 4 is 29.2 Å². The van der Waals surface area contributed by atoms with E-state index < -0.39 is 5.91 Å². The number of anilines is 2. The number of nitrogens with one attached hydrogen (secondary N) is 2. The van der Waals surface area contributed by atoms with Crippen molar-refractivity contribution in [2.75, 3.05) is 17.7 Å². The van der Waals surface area contributed by atoms with E-state index in [0.717, 1.165) is 5.56 Å². The topological polar surface area (TPSA) is 97.6 Å². The van der Waals surface area contributed by atoms with E-state index in [1.165, 1.54) is 13.4 Å². The summed E-state index contributed by atoms with van der Waals surface area (Å²) in [6.45, 7) is 0. The molecular formula is C21H18N2O5. The van der Waals surface area contributed by atoms with Crippen LogP contribution in [0.4, 0.5) is 11.4 Å². The van der Waals surface area contributed by atoms with E-state index in [1.54, 1.807) is 60.7 Å². The lowest BCUT2D eigenvalue weighted by molar-refractivity contribution is -0.139. The van der Waals surface area contributed by atoms with Gasteiger partial charge in [0.1, 0.15) is 0 Å². The van der Waals surface area contributed by atoms with Crippen molar-refractivity contribution in [2.24, 2.45) is 0 Å². The highest BCUT2D eigenvalue weighted by Crippen LogP contribution is 2.16. The Morgan fingerprint density at radius 2 is 1.61 bits per heavy atom. The molecule has 1 heterocycles. The number of hydrogen-bond acceptors (Lipinski definition) is 5. The predicted octanol–water partition coefficient (Wildman–Crippen LogP) is 3.50. The number of carbonyl (C=O) groups excluding carboxylic acids is 3. The molecule has 0 aliphatic carbocycles. The number of furan rings is 1. The lowest BCUT2D eigenvalue weighted by Gasteiger charge is -2.09. The maximum atomic E-state index is 12.5. The molecule has 3 aromatic rings. The largest absolute Gasteiger partial charge is 0.469 e. The summed E-state index contributed by atoms with van der Waals surface area (Å²) in [5, 5.41) is 5.45. The van der Waals surface area contributed by atoms with E-state index in [4.69, 9.17) is 4.42 Å². The van der Waals surface area contributed by atoms with Gasteiger partial charge in [0.05, 0.1) is 19.8 Å². The maximum absolute atomic E-state index is 12.5. The Balaban J connectivity index is 1.68. The van der Waals surface area contributed by atoms with Gasteiger partial charge in [-0.15, -0.1) is 0 Å². The van der Waals surface area contributed by atoms with E-state index in [1.807, 2.05) is 0 Å². The van der Waals surface area contributed by atoms with Crippen molar-refractivity contribution in [1.29, 1.82) is 0 Å². The molecule has 1 aromatic heterocycles. The SMILES string of the molecule is COC(=O)Cc1cccc(NC(=O)c2cccc(NC(=O)c3ccco3)c2)c1. The molecule has 2 N–H and O–H groups in total. The number of carbonyl (C=O) groups is 3. The normalized spacial score (nSPS) is 10.2. The second kappa shape index (κ2) is 8.68. The molecule has 0 unspecified atom stereocenters. The molecule has 0 saturated carbocycles. The van der Waals surface area contributed by atoms with Crippen molar-refractivity contribution < 1.29 is 23.5 Å². The van der Waals surface area contributed by atoms with Crippen LogP contribution < -0.4 is 10.6 Å². The molecule has 142 valence electrons. The Kier molecular flexibility index (Phi) is 5.86. The minimum Gasteiger partial charge on any atom is -0.469 e. The lowest BCUT2D eigenvalue weighted by atomic mass is 10.1. The molecule has 7 heteroatoms. The molecule has 28 heavy (non-hydrogen) atoms. The van der Waals surface area contributed by atoms with Crippen molar-refractivity contribution in [2.45, 2.75) is 6.42 Å². The zero-order valence-corrected chi connectivity index (χ0v) is 15.1. The van der Waals surface area contributed by atoms with Crippen LogP contribution in [-0.4, -0.2) is 24.9 Å². The number of benzene rings is 2. The van der Waals surface area contributed by atoms with Gasteiger partial charge in [-0.3, -0.25) is 14.4 Å². The van der Waals surface area contributed by atoms with E-state index in [-0.39, 0.29) is 24.1 Å². The highest BCUT2D eigenvalue weighted by Gasteiger charge is 2.12. The van der Waals surface area contributed by atoms with Gasteiger partial charge in [0.25, 0.3) is 11.8 Å². The number of rotatable bonds is 6. The summed E-state index contributed by atoms with van der Waals surface area (Å²) >= 11 is 0. The number of esters is 1. The Bertz CT molecular complexity index is 996. The van der Waals surface area contributed by atoms with Gasteiger partial charge in [0, 0.05) is 16.9 Å². The fourth-order valence-electron chi connectivity index (χ4n) is 2.54. The van der Waals surface area contributed by atoms with Gasteiger partial charge in [0.2, 0.25) is 0 Å². The van der Waals surface area contributed by atoms with Gasteiger partial charge in [-0.25, -0.2) is 0 Å². The van der Waals surface area contributed by atoms with Crippen LogP contribution in [0.25, 0.3) is 0 Å². The van der Waals surface area contributed by atoms with E-state index in [2.05, 4.69) is 15.4 Å². The molecule has 0 aliphatic rings. The van der Waals surface area contributed by atoms with Crippen LogP contribution in [0.2, 0.25) is 0 Å². The number of methoxy groups -OCH3 is 1. The molecular weight excluding hydrogens is 360 g/mol. The highest BCUT2D eigenvalue weighted by atomic mass is 16.5. The highest BCUT2D eigenvalue weighted by molar-refractivity contribution is 6.06. The third-order valence-electron chi connectivity index (χ3n) is 3.89. The smallest absolute Gasteiger partial charge is 0.309 e. The van der Waals surface area contributed by atoms with Crippen LogP contribution in [0.3, 0.4) is 0 Å². The van der Waals surface area contributed by atoms with Gasteiger partial charge in [-0.05, 0) is 48.0 Å². The Labute approximate surface area is 161 Å². The summed E-state index contributed by atoms with van der Waals surface area (Å²) < 4.78 is 9.70. The third-order valence-corrected chi connectivity index (χ3v) is 3.89. The first-order chi connectivity index (χ1) is 13.5. The summed E-state index contributed by atoms with van der Waals surface area (Å²) in [4.78, 5) is 36.0. The lowest BCUT2D eigenvalue weighted by Crippen LogP contribution is -2.14. The Morgan fingerprint density at radius 1 is 0.893 bits per heavy atom. The Morgan fingerprint density at radius 3 is 2.32 bits per heavy atom. The summed E-state index contributed by atoms with van der Waals surface area (Å²) in [7, 11) is 1.33. The van der Waals surface area contributed by atoms with Gasteiger partial charge in [0.15, 0.2) is 5.76 Å². The molecule has 0 spiro atoms. The van der Waals surface area contributed by atoms with Crippen molar-refractivity contribution in [3.8, 4) is 0 Å². The van der Waals surface area contributed by atoms with Crippen LogP contribution in [0.5, 0.6) is 0 Å². The van der Waals surface area contributed by atoms with E-state index in [0.29, 0.717) is 16.9 Å². The average molecular weight is 378 g/mol. The quantitative estimate of drug-likeness (QED) is 0.640. The maximum Gasteiger partial charge on any atom is 0.309 e. The fraction of sp³-hybridized carbons (Fsp3) is 0.0952. The standard InChI is InChI=1S/C21H18N2O5/c1-27-19(24)12-14-5-2-7-16(11-14)22-20(25)15-6-3-8-17(13-15)23-21(26)18-9-4-10-28-18/h2-11,13H,12H2,1H3,(H,22,25)(H,23,26). The van der Waals surface area contributed by atoms with Gasteiger partial charge in [-0.2, -0.15) is 0 Å². The first-order valence-electron chi connectivity index (χ1n) is 8.47. The van der Waals surface area contributed by atoms with Crippen molar-refractivity contribution in [3.05, 3.63) is 83.8 Å². The minimum atomic E-state index is -0.405. The van der Waals surface area contributed by atoms with Gasteiger partial charge >= 0.3 is 5.97 Å². The molecule has 0 aliphatic heterocycles. The number of hydrogen-bond donors (Lipinski definition) is 2. The van der Waals surface area contributed by atoms with Crippen LogP contribution in [0, 0.1) is 0 Å². The third kappa shape index (κ3) is 4.85. The minimum absolute atomic E-state index is 0.120. The number of ether oxygens (including phenoxy) is 1. The molecule has 0 fully saturated rings. The van der Waals surface area contributed by atoms with E-state index >= 15 is 0 Å². The summed E-state index contributed by atoms with van der Waals surface area (Å²) in [6.07, 6.45) is 1.53. The predicted molar refractivity (Wildman–Crippen MR) is 103 cm³/mol. The molecule has 3 rings (SSSR count). The van der Waals surface area contributed by atoms with Crippen molar-refractivity contribution in [1.82, 2.24) is 0 Å². The zero-order valence-electron chi connectivity index (χ0n) is 15.1. The van der Waals surface area contributed by atoms with Gasteiger partial charge < -0.3 is 19.8 Å². The molecule has 7 nitrogen and oxygen atoms in total. The molecule has 2 amide bonds. The monoisotopic (exact) mass is 378 g/mol. The summed E-state index contributed by atoms with van der Waals surface area (Å²) in [5.41, 5.74) is 2.12. The fourth-order valence-corrected chi connectivity index (χ4v) is 2.54. The van der Waals surface area contributed by atoms with Crippen LogP contribution in [0.15, 0.2) is 71.3 Å². The average Bonchev–Trinajstić information content (AvgIpc) is 3.23. The number of amides is 2. The summed E-state index contributed by atoms with van der Waals surface area (Å²) in [6, 6.07) is 16.7. The molecule has 0 saturated heterocycles. The Hall–Kier alpha value is -3.87. The van der Waals surface area contributed by atoms with E-state index in [9.17, 15) is 14.4 Å². The molecule has 0 bridgehead atoms. The second-order valence-electron chi connectivity index (χ2n) is 5.92. The van der Waals surface area contributed by atoms with Crippen LogP contribution in [0.1, 0.15) is 26.5 Å². The van der Waals surface area contributed by atoms with Crippen LogP contribution in [-0.2, 0) is 16.0 Å². The zero-order chi connectivity index (χ0) is 19.9. The molecule has 2 aromatic carbocycles. The first-order valence-corrected chi connectivity index (χ1v) is 8.47. The first kappa shape index (κ1) is 18.9. The van der Waals surface area contributed by atoms with Crippen LogP contribution >= 0.6 is 0 Å². The molecule has 0 radical (unpaired) electrons. The van der Waals surface area contributed by atoms with Crippen molar-refractivity contribution in [3.63, 3.8) is 0 Å². The second-order valence-corrected chi connectivity index (χ2v) is 5.92. The molecule has 0 atom stereocenters.